The van der Waals surface area contributed by atoms with Gasteiger partial charge in [0.25, 0.3) is 11.6 Å². The third-order valence-electron chi connectivity index (χ3n) is 4.16. The number of rotatable bonds is 7. The molecule has 2 aromatic rings. The maximum absolute atomic E-state index is 12.3. The Morgan fingerprint density at radius 1 is 1.30 bits per heavy atom. The molecule has 0 saturated carbocycles. The fourth-order valence-electron chi connectivity index (χ4n) is 2.47. The first-order chi connectivity index (χ1) is 13.0. The molecule has 0 aromatic heterocycles. The Balaban J connectivity index is 2.17. The summed E-state index contributed by atoms with van der Waals surface area (Å²) in [4.78, 5) is 22.6. The predicted octanol–water partition coefficient (Wildman–Crippen LogP) is 4.57. The van der Waals surface area contributed by atoms with Gasteiger partial charge in [0.1, 0.15) is 11.6 Å². The van der Waals surface area contributed by atoms with Crippen LogP contribution in [0.5, 0.6) is 0 Å². The Labute approximate surface area is 157 Å². The van der Waals surface area contributed by atoms with Crippen LogP contribution in [0, 0.1) is 21.4 Å². The number of para-hydroxylation sites is 1. The smallest absolute Gasteiger partial charge is 0.271 e. The van der Waals surface area contributed by atoms with Gasteiger partial charge in [0.15, 0.2) is 0 Å². The molecule has 0 aliphatic carbocycles. The molecule has 0 fully saturated rings. The van der Waals surface area contributed by atoms with Gasteiger partial charge in [-0.15, -0.1) is 0 Å². The number of nitriles is 1. The highest BCUT2D eigenvalue weighted by Crippen LogP contribution is 2.26. The summed E-state index contributed by atoms with van der Waals surface area (Å²) >= 11 is 0. The van der Waals surface area contributed by atoms with Gasteiger partial charge in [-0.05, 0) is 30.0 Å². The number of non-ortho nitro benzene ring substituents is 1. The van der Waals surface area contributed by atoms with E-state index in [4.69, 9.17) is 0 Å². The lowest BCUT2D eigenvalue weighted by Gasteiger charge is -2.14. The Morgan fingerprint density at radius 2 is 2.04 bits per heavy atom. The summed E-state index contributed by atoms with van der Waals surface area (Å²) in [5.74, 6) is -0.321. The zero-order valence-corrected chi connectivity index (χ0v) is 15.1. The van der Waals surface area contributed by atoms with E-state index in [-0.39, 0.29) is 16.9 Å². The summed E-state index contributed by atoms with van der Waals surface area (Å²) in [6, 6.07) is 15.1. The van der Waals surface area contributed by atoms with E-state index in [1.807, 2.05) is 30.3 Å². The first kappa shape index (κ1) is 19.7. The highest BCUT2D eigenvalue weighted by molar-refractivity contribution is 6.06. The molecular weight excluding hydrogens is 344 g/mol. The van der Waals surface area contributed by atoms with Crippen molar-refractivity contribution in [3.8, 4) is 6.07 Å². The van der Waals surface area contributed by atoms with Crippen molar-refractivity contribution in [2.45, 2.75) is 26.2 Å². The average Bonchev–Trinajstić information content (AvgIpc) is 2.68. The quantitative estimate of drug-likeness (QED) is 0.324. The molecule has 0 aliphatic rings. The third kappa shape index (κ3) is 5.16. The summed E-state index contributed by atoms with van der Waals surface area (Å²) in [6.45, 7) is 4.19. The van der Waals surface area contributed by atoms with Gasteiger partial charge in [0.2, 0.25) is 0 Å². The zero-order chi connectivity index (χ0) is 19.8. The molecule has 1 atom stereocenters. The van der Waals surface area contributed by atoms with Crippen molar-refractivity contribution in [3.05, 3.63) is 76.0 Å². The SMILES string of the molecule is CCC(C)c1ccccc1N/C=C(/C#N)C(=O)Nc1cccc([N+](=O)[O-])c1. The average molecular weight is 364 g/mol. The highest BCUT2D eigenvalue weighted by atomic mass is 16.6. The van der Waals surface area contributed by atoms with Crippen molar-refractivity contribution in [3.63, 3.8) is 0 Å². The standard InChI is InChI=1S/C20H20N4O3/c1-3-14(2)18-9-4-5-10-19(18)22-13-15(12-21)20(25)23-16-7-6-8-17(11-16)24(26)27/h4-11,13-14,22H,3H2,1-2H3,(H,23,25)/b15-13-. The van der Waals surface area contributed by atoms with Gasteiger partial charge in [-0.2, -0.15) is 5.26 Å². The third-order valence-corrected chi connectivity index (χ3v) is 4.16. The number of amides is 1. The lowest BCUT2D eigenvalue weighted by molar-refractivity contribution is -0.384. The second-order valence-corrected chi connectivity index (χ2v) is 5.97. The fraction of sp³-hybridized carbons (Fsp3) is 0.200. The molecule has 0 saturated heterocycles. The molecule has 2 rings (SSSR count). The van der Waals surface area contributed by atoms with Gasteiger partial charge in [-0.25, -0.2) is 0 Å². The van der Waals surface area contributed by atoms with Gasteiger partial charge in [-0.1, -0.05) is 38.1 Å². The first-order valence-electron chi connectivity index (χ1n) is 8.47. The summed E-state index contributed by atoms with van der Waals surface area (Å²) in [6.07, 6.45) is 2.30. The van der Waals surface area contributed by atoms with E-state index in [2.05, 4.69) is 24.5 Å². The first-order valence-corrected chi connectivity index (χ1v) is 8.47. The van der Waals surface area contributed by atoms with E-state index in [1.165, 1.54) is 30.5 Å². The Kier molecular flexibility index (Phi) is 6.67. The minimum Gasteiger partial charge on any atom is -0.360 e. The van der Waals surface area contributed by atoms with Crippen LogP contribution in [-0.4, -0.2) is 10.8 Å². The van der Waals surface area contributed by atoms with E-state index in [9.17, 15) is 20.2 Å². The van der Waals surface area contributed by atoms with E-state index in [0.717, 1.165) is 17.7 Å². The summed E-state index contributed by atoms with van der Waals surface area (Å²) in [5.41, 5.74) is 1.88. The fourth-order valence-corrected chi connectivity index (χ4v) is 2.47. The Bertz CT molecular complexity index is 915. The molecule has 1 amide bonds. The van der Waals surface area contributed by atoms with Crippen LogP contribution in [0.1, 0.15) is 31.7 Å². The molecule has 7 nitrogen and oxygen atoms in total. The molecule has 2 aromatic carbocycles. The van der Waals surface area contributed by atoms with E-state index in [1.54, 1.807) is 0 Å². The van der Waals surface area contributed by atoms with E-state index < -0.39 is 10.8 Å². The number of nitro benzene ring substituents is 1. The summed E-state index contributed by atoms with van der Waals surface area (Å²) < 4.78 is 0. The van der Waals surface area contributed by atoms with Crippen molar-refractivity contribution in [1.29, 1.82) is 5.26 Å². The maximum atomic E-state index is 12.3. The van der Waals surface area contributed by atoms with Gasteiger partial charge in [0, 0.05) is 29.7 Å². The number of hydrogen-bond donors (Lipinski definition) is 2. The normalized spacial score (nSPS) is 12.0. The molecule has 0 heterocycles. The molecule has 0 radical (unpaired) electrons. The van der Waals surface area contributed by atoms with Crippen LogP contribution < -0.4 is 10.6 Å². The Morgan fingerprint density at radius 3 is 2.70 bits per heavy atom. The molecule has 7 heteroatoms. The molecule has 0 aliphatic heterocycles. The second kappa shape index (κ2) is 9.15. The van der Waals surface area contributed by atoms with Crippen LogP contribution in [0.4, 0.5) is 17.1 Å². The molecule has 0 spiro atoms. The monoisotopic (exact) mass is 364 g/mol. The summed E-state index contributed by atoms with van der Waals surface area (Å²) in [5, 5.41) is 25.6. The number of anilines is 2. The number of carbonyl (C=O) groups is 1. The van der Waals surface area contributed by atoms with Crippen molar-refractivity contribution >= 4 is 23.0 Å². The largest absolute Gasteiger partial charge is 0.360 e. The van der Waals surface area contributed by atoms with Crippen LogP contribution in [0.2, 0.25) is 0 Å². The van der Waals surface area contributed by atoms with Gasteiger partial charge < -0.3 is 10.6 Å². The number of carbonyl (C=O) groups excluding carboxylic acids is 1. The highest BCUT2D eigenvalue weighted by Gasteiger charge is 2.13. The number of nitrogens with one attached hydrogen (secondary N) is 2. The molecule has 138 valence electrons. The van der Waals surface area contributed by atoms with Crippen molar-refractivity contribution < 1.29 is 9.72 Å². The molecule has 0 bridgehead atoms. The number of hydrogen-bond acceptors (Lipinski definition) is 5. The predicted molar refractivity (Wildman–Crippen MR) is 104 cm³/mol. The minimum atomic E-state index is -0.647. The number of nitro groups is 1. The Hall–Kier alpha value is -3.66. The molecule has 1 unspecified atom stereocenters. The lowest BCUT2D eigenvalue weighted by Crippen LogP contribution is -2.14. The van der Waals surface area contributed by atoms with E-state index in [0.29, 0.717) is 5.92 Å². The number of nitrogens with zero attached hydrogens (tertiary/aromatic N) is 2. The van der Waals surface area contributed by atoms with Crippen molar-refractivity contribution in [1.82, 2.24) is 0 Å². The van der Waals surface area contributed by atoms with Gasteiger partial charge >= 0.3 is 0 Å². The summed E-state index contributed by atoms with van der Waals surface area (Å²) in [7, 11) is 0. The topological polar surface area (TPSA) is 108 Å². The maximum Gasteiger partial charge on any atom is 0.271 e. The van der Waals surface area contributed by atoms with Crippen LogP contribution in [-0.2, 0) is 4.79 Å². The van der Waals surface area contributed by atoms with Crippen molar-refractivity contribution in [2.75, 3.05) is 10.6 Å². The van der Waals surface area contributed by atoms with Gasteiger partial charge in [0.05, 0.1) is 4.92 Å². The minimum absolute atomic E-state index is 0.138. The zero-order valence-electron chi connectivity index (χ0n) is 15.1. The van der Waals surface area contributed by atoms with Gasteiger partial charge in [-0.3, -0.25) is 14.9 Å². The second-order valence-electron chi connectivity index (χ2n) is 5.97. The molecule has 2 N–H and O–H groups in total. The van der Waals surface area contributed by atoms with Crippen LogP contribution in [0.15, 0.2) is 60.3 Å². The van der Waals surface area contributed by atoms with Crippen molar-refractivity contribution in [2.24, 2.45) is 0 Å². The van der Waals surface area contributed by atoms with Crippen LogP contribution in [0.25, 0.3) is 0 Å². The molecule has 27 heavy (non-hydrogen) atoms. The lowest BCUT2D eigenvalue weighted by atomic mass is 9.97. The van der Waals surface area contributed by atoms with E-state index >= 15 is 0 Å². The van der Waals surface area contributed by atoms with Crippen LogP contribution in [0.3, 0.4) is 0 Å². The molecular formula is C20H20N4O3. The number of benzene rings is 2. The van der Waals surface area contributed by atoms with Crippen LogP contribution >= 0.6 is 0 Å².